The number of carbonyl (C=O) groups is 1. The molecule has 3 heterocycles. The summed E-state index contributed by atoms with van der Waals surface area (Å²) >= 11 is 1.45. The minimum absolute atomic E-state index is 0.00325. The van der Waals surface area contributed by atoms with Crippen LogP contribution in [0.25, 0.3) is 0 Å². The lowest BCUT2D eigenvalue weighted by atomic mass is 9.89. The van der Waals surface area contributed by atoms with E-state index in [1.165, 1.54) is 25.4 Å². The van der Waals surface area contributed by atoms with Crippen molar-refractivity contribution < 1.29 is 17.9 Å². The van der Waals surface area contributed by atoms with Crippen LogP contribution in [0.3, 0.4) is 0 Å². The van der Waals surface area contributed by atoms with Crippen molar-refractivity contribution in [1.82, 2.24) is 14.3 Å². The number of anilines is 1. The molecular formula is C18H26N4O4S2. The minimum atomic E-state index is -3.52. The third-order valence-corrected chi connectivity index (χ3v) is 7.36. The van der Waals surface area contributed by atoms with Gasteiger partial charge in [0.05, 0.1) is 30.2 Å². The van der Waals surface area contributed by atoms with Gasteiger partial charge in [0.1, 0.15) is 5.00 Å². The first kappa shape index (κ1) is 21.1. The molecular weight excluding hydrogens is 400 g/mol. The molecule has 8 nitrogen and oxygen atoms in total. The average Bonchev–Trinajstić information content (AvgIpc) is 2.97. The Labute approximate surface area is 170 Å². The van der Waals surface area contributed by atoms with E-state index in [0.29, 0.717) is 24.5 Å². The number of amides is 1. The summed E-state index contributed by atoms with van der Waals surface area (Å²) in [5, 5.41) is 4.00. The highest BCUT2D eigenvalue weighted by atomic mass is 32.2. The third-order valence-electron chi connectivity index (χ3n) is 4.60. The lowest BCUT2D eigenvalue weighted by molar-refractivity contribution is 0.0902. The molecule has 1 fully saturated rings. The number of fused-ring (bicyclic) bond motifs is 1. The van der Waals surface area contributed by atoms with E-state index in [0.717, 1.165) is 33.5 Å². The monoisotopic (exact) mass is 426 g/mol. The molecule has 2 N–H and O–H groups in total. The van der Waals surface area contributed by atoms with Crippen molar-refractivity contribution in [2.75, 3.05) is 51.8 Å². The van der Waals surface area contributed by atoms with Crippen molar-refractivity contribution >= 4 is 32.5 Å². The number of rotatable bonds is 4. The smallest absolute Gasteiger partial charge is 0.279 e. The minimum Gasteiger partial charge on any atom is -0.378 e. The Morgan fingerprint density at radius 3 is 2.64 bits per heavy atom. The van der Waals surface area contributed by atoms with Crippen molar-refractivity contribution in [1.29, 1.82) is 0 Å². The van der Waals surface area contributed by atoms with Gasteiger partial charge < -0.3 is 15.0 Å². The van der Waals surface area contributed by atoms with Gasteiger partial charge in [-0.1, -0.05) is 11.8 Å². The van der Waals surface area contributed by atoms with Crippen LogP contribution in [-0.4, -0.2) is 71.1 Å². The molecule has 0 saturated carbocycles. The van der Waals surface area contributed by atoms with E-state index in [1.54, 1.807) is 0 Å². The van der Waals surface area contributed by atoms with Gasteiger partial charge in [-0.05, 0) is 25.8 Å². The second-order valence-corrected chi connectivity index (χ2v) is 10.6. The summed E-state index contributed by atoms with van der Waals surface area (Å²) in [4.78, 5) is 15.5. The van der Waals surface area contributed by atoms with E-state index in [9.17, 15) is 13.2 Å². The average molecular weight is 427 g/mol. The summed E-state index contributed by atoms with van der Waals surface area (Å²) in [5.41, 5.74) is 1.42. The maximum absolute atomic E-state index is 12.6. The Balaban J connectivity index is 1.94. The van der Waals surface area contributed by atoms with Gasteiger partial charge in [-0.3, -0.25) is 4.79 Å². The van der Waals surface area contributed by atoms with E-state index < -0.39 is 10.2 Å². The number of hydrogen-bond donors (Lipinski definition) is 2. The number of ether oxygens (including phenoxy) is 1. The summed E-state index contributed by atoms with van der Waals surface area (Å²) < 4.78 is 32.7. The molecule has 1 aromatic heterocycles. The topological polar surface area (TPSA) is 91.0 Å². The molecule has 1 saturated heterocycles. The van der Waals surface area contributed by atoms with Crippen LogP contribution in [0.2, 0.25) is 0 Å². The molecule has 28 heavy (non-hydrogen) atoms. The molecule has 1 amide bonds. The predicted molar refractivity (Wildman–Crippen MR) is 110 cm³/mol. The predicted octanol–water partition coefficient (Wildman–Crippen LogP) is 0.397. The van der Waals surface area contributed by atoms with Crippen molar-refractivity contribution in [3.05, 3.63) is 16.0 Å². The molecule has 154 valence electrons. The normalized spacial score (nSPS) is 19.0. The highest BCUT2D eigenvalue weighted by Crippen LogP contribution is 2.40. The number of carbonyl (C=O) groups excluding carboxylic acids is 1. The highest BCUT2D eigenvalue weighted by Gasteiger charge is 2.35. The Bertz CT molecular complexity index is 919. The molecule has 0 atom stereocenters. The number of hydrogen-bond acceptors (Lipinski definition) is 6. The van der Waals surface area contributed by atoms with E-state index in [-0.39, 0.29) is 18.0 Å². The van der Waals surface area contributed by atoms with E-state index in [1.807, 2.05) is 13.8 Å². The lowest BCUT2D eigenvalue weighted by Gasteiger charge is -2.30. The maximum Gasteiger partial charge on any atom is 0.279 e. The van der Waals surface area contributed by atoms with Crippen molar-refractivity contribution in [2.24, 2.45) is 0 Å². The Hall–Kier alpha value is -1.64. The summed E-state index contributed by atoms with van der Waals surface area (Å²) in [5.74, 6) is 5.98. The maximum atomic E-state index is 12.6. The quantitative estimate of drug-likeness (QED) is 0.680. The van der Waals surface area contributed by atoms with Gasteiger partial charge in [-0.25, -0.2) is 0 Å². The number of thiophene rings is 1. The van der Waals surface area contributed by atoms with Crippen LogP contribution in [0, 0.1) is 11.8 Å². The van der Waals surface area contributed by atoms with E-state index >= 15 is 0 Å². The first-order valence-electron chi connectivity index (χ1n) is 9.07. The molecule has 0 spiro atoms. The molecule has 0 bridgehead atoms. The number of nitrogens with zero attached hydrogens (tertiary/aromatic N) is 2. The first-order valence-corrected chi connectivity index (χ1v) is 11.3. The summed E-state index contributed by atoms with van der Waals surface area (Å²) in [6.45, 7) is 6.73. The molecule has 2 aliphatic rings. The van der Waals surface area contributed by atoms with Crippen LogP contribution in [0.5, 0.6) is 0 Å². The molecule has 0 unspecified atom stereocenters. The third kappa shape index (κ3) is 4.50. The van der Waals surface area contributed by atoms with E-state index in [4.69, 9.17) is 4.74 Å². The molecule has 0 aromatic carbocycles. The van der Waals surface area contributed by atoms with Gasteiger partial charge in [0, 0.05) is 32.7 Å². The molecule has 0 aliphatic carbocycles. The SMILES string of the molecule is CN(C)S(=O)(=O)NCC#Cc1c(N2CCOCC2)sc2c1CC(C)(C)NC2=O. The fourth-order valence-electron chi connectivity index (χ4n) is 3.16. The van der Waals surface area contributed by atoms with Crippen molar-refractivity contribution in [2.45, 2.75) is 25.8 Å². The van der Waals surface area contributed by atoms with Crippen LogP contribution < -0.4 is 14.9 Å². The second-order valence-electron chi connectivity index (χ2n) is 7.61. The van der Waals surface area contributed by atoms with Crippen LogP contribution in [0.1, 0.15) is 34.6 Å². The lowest BCUT2D eigenvalue weighted by Crippen LogP contribution is -2.48. The zero-order chi connectivity index (χ0) is 20.5. The Morgan fingerprint density at radius 1 is 1.32 bits per heavy atom. The van der Waals surface area contributed by atoms with Gasteiger partial charge in [-0.2, -0.15) is 17.4 Å². The summed E-state index contributed by atoms with van der Waals surface area (Å²) in [7, 11) is -0.601. The zero-order valence-corrected chi connectivity index (χ0v) is 18.2. The van der Waals surface area contributed by atoms with Crippen molar-refractivity contribution in [3.63, 3.8) is 0 Å². The van der Waals surface area contributed by atoms with E-state index in [2.05, 4.69) is 26.8 Å². The molecule has 3 rings (SSSR count). The van der Waals surface area contributed by atoms with Crippen LogP contribution in [0.15, 0.2) is 0 Å². The van der Waals surface area contributed by atoms with Gasteiger partial charge in [0.2, 0.25) is 0 Å². The zero-order valence-electron chi connectivity index (χ0n) is 16.6. The van der Waals surface area contributed by atoms with Crippen LogP contribution in [0.4, 0.5) is 5.00 Å². The Kier molecular flexibility index (Phi) is 6.03. The van der Waals surface area contributed by atoms with Gasteiger partial charge in [0.15, 0.2) is 0 Å². The number of nitrogens with one attached hydrogen (secondary N) is 2. The molecule has 2 aliphatic heterocycles. The van der Waals surface area contributed by atoms with Crippen LogP contribution >= 0.6 is 11.3 Å². The fourth-order valence-corrected chi connectivity index (χ4v) is 4.90. The number of morpholine rings is 1. The fraction of sp³-hybridized carbons (Fsp3) is 0.611. The summed E-state index contributed by atoms with van der Waals surface area (Å²) in [6, 6.07) is 0. The molecule has 10 heteroatoms. The highest BCUT2D eigenvalue weighted by molar-refractivity contribution is 7.87. The standard InChI is InChI=1S/C18H26N4O4S2/c1-18(2)12-14-13(6-5-7-19-28(24,25)21(3)4)17(22-8-10-26-11-9-22)27-15(14)16(23)20-18/h19H,7-12H2,1-4H3,(H,20,23). The largest absolute Gasteiger partial charge is 0.378 e. The molecule has 0 radical (unpaired) electrons. The van der Waals surface area contributed by atoms with Gasteiger partial charge >= 0.3 is 0 Å². The van der Waals surface area contributed by atoms with Gasteiger partial charge in [-0.15, -0.1) is 11.3 Å². The summed E-state index contributed by atoms with van der Waals surface area (Å²) in [6.07, 6.45) is 0.683. The molecule has 1 aromatic rings. The van der Waals surface area contributed by atoms with Gasteiger partial charge in [0.25, 0.3) is 16.1 Å². The Morgan fingerprint density at radius 2 is 2.00 bits per heavy atom. The first-order chi connectivity index (χ1) is 13.1. The van der Waals surface area contributed by atoms with Crippen molar-refractivity contribution in [3.8, 4) is 11.8 Å². The second kappa shape index (κ2) is 8.00. The van der Waals surface area contributed by atoms with Crippen LogP contribution in [-0.2, 0) is 21.4 Å².